The first-order valence-corrected chi connectivity index (χ1v) is 26.9. The van der Waals surface area contributed by atoms with Gasteiger partial charge in [0.15, 0.2) is 0 Å². The molecule has 0 N–H and O–H groups in total. The summed E-state index contributed by atoms with van der Waals surface area (Å²) in [7, 11) is 0. The van der Waals surface area contributed by atoms with Gasteiger partial charge >= 0.3 is 0 Å². The maximum absolute atomic E-state index is 11.5. The number of hydrogen-bond donors (Lipinski definition) is 0. The quantitative estimate of drug-likeness (QED) is 0.142. The van der Waals surface area contributed by atoms with E-state index in [0.29, 0.717) is 9.80 Å². The van der Waals surface area contributed by atoms with E-state index in [9.17, 15) is 49.3 Å². The Labute approximate surface area is 569 Å². The molecule has 3 aliphatic rings. The van der Waals surface area contributed by atoms with Crippen LogP contribution in [-0.2, 0) is 10.8 Å². The Morgan fingerprint density at radius 3 is 1.60 bits per heavy atom. The molecule has 7 heteroatoms. The van der Waals surface area contributed by atoms with Crippen molar-refractivity contribution in [3.63, 3.8) is 0 Å². The van der Waals surface area contributed by atoms with Crippen molar-refractivity contribution >= 4 is 135 Å². The molecule has 0 fully saturated rings. The molecule has 0 saturated carbocycles. The molecule has 87 heavy (non-hydrogen) atoms. The molecular formula is C80H62BN5O. The van der Waals surface area contributed by atoms with Gasteiger partial charge in [0.2, 0.25) is 0 Å². The highest BCUT2D eigenvalue weighted by Gasteiger charge is 2.47. The number of benzene rings is 12. The van der Waals surface area contributed by atoms with Crippen molar-refractivity contribution in [2.75, 3.05) is 19.6 Å². The lowest BCUT2D eigenvalue weighted by Crippen LogP contribution is -2.61. The lowest BCUT2D eigenvalue weighted by molar-refractivity contribution is 0.590. The molecule has 0 unspecified atom stereocenters. The zero-order valence-corrected chi connectivity index (χ0v) is 46.2. The van der Waals surface area contributed by atoms with Crippen LogP contribution in [0.1, 0.15) is 113 Å². The fourth-order valence-electron chi connectivity index (χ4n) is 11.2. The van der Waals surface area contributed by atoms with Crippen LogP contribution < -0.4 is 36.0 Å². The highest BCUT2D eigenvalue weighted by atomic mass is 16.3. The summed E-state index contributed by atoms with van der Waals surface area (Å²) in [6.07, 6.45) is 0. The van der Waals surface area contributed by atoms with Gasteiger partial charge in [-0.25, -0.2) is 0 Å². The number of nitrogens with zero attached hydrogens (tertiary/aromatic N) is 5. The van der Waals surface area contributed by atoms with Gasteiger partial charge in [0.05, 0.1) is 94.1 Å². The maximum atomic E-state index is 11.5. The van der Waals surface area contributed by atoms with Crippen LogP contribution in [-0.4, -0.2) is 11.3 Å². The minimum atomic E-state index is -2.57. The Morgan fingerprint density at radius 2 is 0.920 bits per heavy atom. The molecule has 0 radical (unpaired) electrons. The monoisotopic (exact) mass is 1160 g/mol. The van der Waals surface area contributed by atoms with E-state index in [1.807, 2.05) is 0 Å². The molecule has 0 aliphatic carbocycles. The maximum Gasteiger partial charge on any atom is 0.252 e. The van der Waals surface area contributed by atoms with Crippen molar-refractivity contribution in [1.29, 1.82) is 0 Å². The van der Waals surface area contributed by atoms with Gasteiger partial charge in [-0.2, -0.15) is 0 Å². The van der Waals surface area contributed by atoms with E-state index in [0.717, 1.165) is 9.47 Å². The van der Waals surface area contributed by atoms with Gasteiger partial charge < -0.3 is 28.6 Å². The molecule has 12 aromatic carbocycles. The van der Waals surface area contributed by atoms with Gasteiger partial charge in [-0.15, -0.1) is 0 Å². The summed E-state index contributed by atoms with van der Waals surface area (Å²) < 4.78 is 441. The van der Waals surface area contributed by atoms with Crippen LogP contribution in [0.4, 0.5) is 68.2 Å². The van der Waals surface area contributed by atoms with Crippen LogP contribution in [0.25, 0.3) is 60.6 Å². The minimum absolute atomic E-state index is 0.257. The van der Waals surface area contributed by atoms with Crippen LogP contribution >= 0.6 is 0 Å². The van der Waals surface area contributed by atoms with Gasteiger partial charge in [-0.05, 0) is 164 Å². The Balaban J connectivity index is 1.19. The third-order valence-corrected chi connectivity index (χ3v) is 15.1. The summed E-state index contributed by atoms with van der Waals surface area (Å²) in [5, 5.41) is -2.57. The topological polar surface area (TPSA) is 31.0 Å². The van der Waals surface area contributed by atoms with E-state index in [2.05, 4.69) is 0 Å². The van der Waals surface area contributed by atoms with E-state index < -0.39 is 429 Å². The van der Waals surface area contributed by atoms with Crippen molar-refractivity contribution in [2.45, 2.75) is 52.4 Å². The molecule has 0 bridgehead atoms. The standard InChI is InChI=1S/C80H62BN5O/c1-79(2,3)52-36-42-56(43-37-52)82(57-44-38-53(39-45-57)80(4,5)6)59-46-47-65-70(48-59)84(58-40-34-51(35-41-58)61-26-18-33-74-75(61)64-25-14-16-32-73(64)87-74)71-49-60(83(54-20-9-7-10-21-54)55-22-11-8-12-23-55)50-72-76(71)81(65)66-28-19-31-69-78(66)86(72)68-30-17-27-63-62-24-13-15-29-67(62)85(69)77(63)68/h7-50H,1-6H3/i7D,8D,9D,10D,11D,12D,13D,14D,15D,16D,17D,18D,19D,20D,21D,22D,23D,24D,25D,26D,27D,28D,29D,30D,31D,32D,33D,34D,35D,36D,37D,38D,39D,40D,41D,42D,43D,44D,45D,46D,47D,48D,49D,50D. The van der Waals surface area contributed by atoms with E-state index in [4.69, 9.17) is 15.4 Å². The number of hydrogen-bond acceptors (Lipinski definition) is 5. The van der Waals surface area contributed by atoms with Crippen molar-refractivity contribution < 1.29 is 64.7 Å². The lowest BCUT2D eigenvalue weighted by atomic mass is 9.33. The molecule has 0 saturated heterocycles. The normalized spacial score (nSPS) is 20.2. The molecule has 5 heterocycles. The zero-order valence-electron chi connectivity index (χ0n) is 90.2. The van der Waals surface area contributed by atoms with Crippen LogP contribution in [0.3, 0.4) is 0 Å². The smallest absolute Gasteiger partial charge is 0.252 e. The molecule has 6 nitrogen and oxygen atoms in total. The van der Waals surface area contributed by atoms with Gasteiger partial charge in [0.25, 0.3) is 6.71 Å². The van der Waals surface area contributed by atoms with E-state index in [1.165, 1.54) is 41.5 Å². The zero-order chi connectivity index (χ0) is 96.7. The van der Waals surface area contributed by atoms with Gasteiger partial charge in [-0.1, -0.05) is 193 Å². The van der Waals surface area contributed by atoms with Crippen molar-refractivity contribution in [3.8, 4) is 16.8 Å². The van der Waals surface area contributed by atoms with E-state index in [1.54, 1.807) is 0 Å². The fourth-order valence-corrected chi connectivity index (χ4v) is 11.2. The Morgan fingerprint density at radius 1 is 0.391 bits per heavy atom. The predicted octanol–water partition coefficient (Wildman–Crippen LogP) is 20.3. The minimum Gasteiger partial charge on any atom is -0.456 e. The molecule has 2 aromatic heterocycles. The average Bonchev–Trinajstić information content (AvgIpc) is 1.64. The second kappa shape index (κ2) is 19.0. The highest BCUT2D eigenvalue weighted by Crippen LogP contribution is 2.55. The number of anilines is 12. The number of rotatable bonds is 8. The molecule has 0 spiro atoms. The summed E-state index contributed by atoms with van der Waals surface area (Å²) >= 11 is 0. The number of aromatic nitrogens is 1. The molecule has 17 rings (SSSR count). The van der Waals surface area contributed by atoms with Crippen LogP contribution in [0.2, 0.25) is 0 Å². The van der Waals surface area contributed by atoms with Gasteiger partial charge in [0.1, 0.15) is 11.2 Å². The van der Waals surface area contributed by atoms with Crippen LogP contribution in [0.5, 0.6) is 0 Å². The second-order valence-corrected chi connectivity index (χ2v) is 22.3. The third kappa shape index (κ3) is 7.81. The summed E-state index contributed by atoms with van der Waals surface area (Å²) in [6, 6.07) is -51.3. The van der Waals surface area contributed by atoms with Gasteiger partial charge in [0, 0.05) is 72.7 Å². The third-order valence-electron chi connectivity index (χ3n) is 15.1. The molecule has 3 aliphatic heterocycles. The Kier molecular flexibility index (Phi) is 5.11. The average molecular weight is 1160 g/mol. The van der Waals surface area contributed by atoms with Crippen molar-refractivity contribution in [2.24, 2.45) is 0 Å². The van der Waals surface area contributed by atoms with Crippen molar-refractivity contribution in [1.82, 2.24) is 4.57 Å². The van der Waals surface area contributed by atoms with Crippen LogP contribution in [0, 0.1) is 0 Å². The number of para-hydroxylation sites is 6. The molecule has 0 amide bonds. The summed E-state index contributed by atoms with van der Waals surface area (Å²) in [5.74, 6) is 0. The van der Waals surface area contributed by atoms with Crippen LogP contribution in [0.15, 0.2) is 270 Å². The Hall–Kier alpha value is -10.5. The fraction of sp³-hybridized carbons (Fsp3) is 0.100. The lowest BCUT2D eigenvalue weighted by Gasteiger charge is -2.47. The predicted molar refractivity (Wildman–Crippen MR) is 368 cm³/mol. The first-order valence-electron chi connectivity index (χ1n) is 48.9. The summed E-state index contributed by atoms with van der Waals surface area (Å²) in [6.45, 7) is 6.49. The first-order chi connectivity index (χ1) is 60.8. The van der Waals surface area contributed by atoms with E-state index >= 15 is 0 Å². The second-order valence-electron chi connectivity index (χ2n) is 22.3. The van der Waals surface area contributed by atoms with E-state index in [-0.39, 0.29) is 16.0 Å². The molecule has 0 atom stereocenters. The highest BCUT2D eigenvalue weighted by molar-refractivity contribution is 7.00. The van der Waals surface area contributed by atoms with Crippen molar-refractivity contribution in [3.05, 3.63) is 277 Å². The SMILES string of the molecule is [2H]c1c([2H])c([2H])c(N(c2c([2H])c([2H])c([2H])c([2H])c2[2H])c2c([2H])c3c4c(c2[2H])N2c5c(c([2H])c([2H])c([2H])c5-n5c6c([2H])c([2H])c([2H])c([2H])c6c6c([2H])c([2H])c([2H])c2c65)B4c2c([2H])c([2H])c(N(c4c([2H])c([2H])c(C(C)(C)C)c([2H])c4[2H])c4c([2H])c([2H])c(C(C)(C)C)c([2H])c4[2H])c([2H])c2N3c2c([2H])c([2H])c(-c3c([2H])c([2H])c([2H])c4oc5c([2H])c([2H])c([2H])c([2H])c5c34)c([2H])c2[2H])c([2H])c1[2H]. The molecular weight excluding hydrogens is 1060 g/mol. The summed E-state index contributed by atoms with van der Waals surface area (Å²) in [4.78, 5) is 1.86. The largest absolute Gasteiger partial charge is 0.456 e. The van der Waals surface area contributed by atoms with Gasteiger partial charge in [-0.3, -0.25) is 0 Å². The number of furan rings is 1. The summed E-state index contributed by atoms with van der Waals surface area (Å²) in [5.41, 5.74) is -25.9. The number of fused-ring (bicyclic) bond motifs is 12. The molecule has 14 aromatic rings. The molecule has 416 valence electrons. The Bertz CT molecular complexity index is 7550. The first kappa shape index (κ1) is 23.4.